The Bertz CT molecular complexity index is 1240. The highest BCUT2D eigenvalue weighted by Gasteiger charge is 2.10. The molecule has 8 heteroatoms. The Hall–Kier alpha value is -3.22. The van der Waals surface area contributed by atoms with Crippen LogP contribution in [0, 0.1) is 5.41 Å². The predicted octanol–water partition coefficient (Wildman–Crippen LogP) is 5.33. The van der Waals surface area contributed by atoms with Crippen molar-refractivity contribution < 1.29 is 0 Å². The minimum atomic E-state index is -0.0423. The molecule has 0 fully saturated rings. The fourth-order valence-corrected chi connectivity index (χ4v) is 3.58. The fraction of sp³-hybridized carbons (Fsp3) is 0.0909. The number of rotatable bonds is 6. The van der Waals surface area contributed by atoms with Gasteiger partial charge in [-0.25, -0.2) is 4.98 Å². The molecule has 0 saturated carbocycles. The molecule has 0 amide bonds. The molecule has 4 rings (SSSR count). The van der Waals surface area contributed by atoms with Gasteiger partial charge >= 0.3 is 0 Å². The summed E-state index contributed by atoms with van der Waals surface area (Å²) in [5, 5.41) is 20.0. The van der Waals surface area contributed by atoms with Gasteiger partial charge in [-0.1, -0.05) is 41.4 Å². The Morgan fingerprint density at radius 2 is 1.60 bits per heavy atom. The zero-order valence-electron chi connectivity index (χ0n) is 16.0. The summed E-state index contributed by atoms with van der Waals surface area (Å²) in [6, 6.07) is 19.5. The zero-order chi connectivity index (χ0) is 21.1. The first-order valence-corrected chi connectivity index (χ1v) is 10.1. The van der Waals surface area contributed by atoms with E-state index in [2.05, 4.69) is 16.0 Å². The van der Waals surface area contributed by atoms with Gasteiger partial charge in [-0.05, 0) is 42.5 Å². The SMILES string of the molecule is N=C(N)NCCNc1c2ccccc2nc2cc(Nc3ccc(Cl)c(Cl)c3)ccc12. The van der Waals surface area contributed by atoms with Gasteiger partial charge in [0.2, 0.25) is 0 Å². The number of nitrogens with zero attached hydrogens (tertiary/aromatic N) is 1. The van der Waals surface area contributed by atoms with Crippen LogP contribution in [0.5, 0.6) is 0 Å². The van der Waals surface area contributed by atoms with E-state index in [1.165, 1.54) is 0 Å². The Balaban J connectivity index is 1.70. The van der Waals surface area contributed by atoms with Crippen molar-refractivity contribution in [1.29, 1.82) is 5.41 Å². The standard InChI is InChI=1S/C22H20Cl2N6/c23-17-8-6-13(11-18(17)24)29-14-5-7-16-20(12-14)30-19-4-2-1-3-15(19)21(16)27-9-10-28-22(25)26/h1-8,11-12,29H,9-10H2,(H,27,30)(H4,25,26,28). The lowest BCUT2D eigenvalue weighted by molar-refractivity contribution is 0.893. The van der Waals surface area contributed by atoms with E-state index in [9.17, 15) is 0 Å². The number of hydrogen-bond acceptors (Lipinski definition) is 4. The highest BCUT2D eigenvalue weighted by atomic mass is 35.5. The first-order chi connectivity index (χ1) is 14.5. The van der Waals surface area contributed by atoms with E-state index in [4.69, 9.17) is 39.3 Å². The van der Waals surface area contributed by atoms with Gasteiger partial charge in [0, 0.05) is 35.2 Å². The Kier molecular flexibility index (Phi) is 5.79. The molecule has 6 N–H and O–H groups in total. The number of para-hydroxylation sites is 1. The Morgan fingerprint density at radius 1 is 0.867 bits per heavy atom. The van der Waals surface area contributed by atoms with Crippen molar-refractivity contribution in [3.63, 3.8) is 0 Å². The van der Waals surface area contributed by atoms with Crippen LogP contribution in [0.2, 0.25) is 10.0 Å². The van der Waals surface area contributed by atoms with Crippen LogP contribution in [0.3, 0.4) is 0 Å². The third-order valence-electron chi connectivity index (χ3n) is 4.63. The van der Waals surface area contributed by atoms with Gasteiger partial charge in [0.15, 0.2) is 5.96 Å². The number of benzene rings is 3. The average molecular weight is 439 g/mol. The number of fused-ring (bicyclic) bond motifs is 2. The molecular formula is C22H20Cl2N6. The maximum absolute atomic E-state index is 7.29. The first kappa shape index (κ1) is 20.1. The molecule has 0 spiro atoms. The second-order valence-corrected chi connectivity index (χ2v) is 7.57. The van der Waals surface area contributed by atoms with Crippen molar-refractivity contribution in [3.05, 3.63) is 70.7 Å². The number of nitrogens with one attached hydrogen (secondary N) is 4. The van der Waals surface area contributed by atoms with E-state index < -0.39 is 0 Å². The normalized spacial score (nSPS) is 10.9. The number of hydrogen-bond donors (Lipinski definition) is 5. The van der Waals surface area contributed by atoms with Crippen LogP contribution in [0.25, 0.3) is 21.8 Å². The maximum atomic E-state index is 7.29. The molecule has 0 aliphatic carbocycles. The van der Waals surface area contributed by atoms with E-state index in [1.54, 1.807) is 12.1 Å². The van der Waals surface area contributed by atoms with E-state index in [0.717, 1.165) is 38.9 Å². The molecule has 0 atom stereocenters. The Morgan fingerprint density at radius 3 is 2.40 bits per heavy atom. The summed E-state index contributed by atoms with van der Waals surface area (Å²) in [5.74, 6) is -0.0423. The zero-order valence-corrected chi connectivity index (χ0v) is 17.5. The van der Waals surface area contributed by atoms with Gasteiger partial charge in [0.1, 0.15) is 0 Å². The molecule has 30 heavy (non-hydrogen) atoms. The lowest BCUT2D eigenvalue weighted by Gasteiger charge is -2.15. The van der Waals surface area contributed by atoms with E-state index in [0.29, 0.717) is 23.1 Å². The molecule has 0 radical (unpaired) electrons. The van der Waals surface area contributed by atoms with Crippen molar-refractivity contribution in [2.75, 3.05) is 23.7 Å². The molecule has 0 aliphatic rings. The lowest BCUT2D eigenvalue weighted by atomic mass is 10.1. The highest BCUT2D eigenvalue weighted by Crippen LogP contribution is 2.33. The van der Waals surface area contributed by atoms with E-state index >= 15 is 0 Å². The van der Waals surface area contributed by atoms with Crippen molar-refractivity contribution in [2.45, 2.75) is 0 Å². The molecule has 3 aromatic carbocycles. The molecule has 0 aliphatic heterocycles. The molecule has 1 heterocycles. The summed E-state index contributed by atoms with van der Waals surface area (Å²) < 4.78 is 0. The maximum Gasteiger partial charge on any atom is 0.185 e. The summed E-state index contributed by atoms with van der Waals surface area (Å²) >= 11 is 12.1. The van der Waals surface area contributed by atoms with Crippen LogP contribution >= 0.6 is 23.2 Å². The van der Waals surface area contributed by atoms with Crippen LogP contribution in [-0.2, 0) is 0 Å². The number of halogens is 2. The van der Waals surface area contributed by atoms with Crippen molar-refractivity contribution >= 4 is 68.0 Å². The van der Waals surface area contributed by atoms with Crippen LogP contribution in [-0.4, -0.2) is 24.0 Å². The molecule has 0 bridgehead atoms. The third-order valence-corrected chi connectivity index (χ3v) is 5.37. The van der Waals surface area contributed by atoms with Crippen LogP contribution in [0.1, 0.15) is 0 Å². The van der Waals surface area contributed by atoms with Gasteiger partial charge in [-0.15, -0.1) is 0 Å². The summed E-state index contributed by atoms with van der Waals surface area (Å²) in [4.78, 5) is 4.83. The van der Waals surface area contributed by atoms with Gasteiger partial charge in [0.25, 0.3) is 0 Å². The summed E-state index contributed by atoms with van der Waals surface area (Å²) in [5.41, 5.74) is 9.87. The average Bonchev–Trinajstić information content (AvgIpc) is 2.73. The number of anilines is 3. The van der Waals surface area contributed by atoms with E-state index in [1.807, 2.05) is 48.5 Å². The number of aromatic nitrogens is 1. The number of guanidine groups is 1. The minimum Gasteiger partial charge on any atom is -0.382 e. The molecular weight excluding hydrogens is 419 g/mol. The smallest absolute Gasteiger partial charge is 0.185 e. The highest BCUT2D eigenvalue weighted by molar-refractivity contribution is 6.42. The molecule has 0 saturated heterocycles. The summed E-state index contributed by atoms with van der Waals surface area (Å²) in [6.07, 6.45) is 0. The summed E-state index contributed by atoms with van der Waals surface area (Å²) in [6.45, 7) is 1.16. The van der Waals surface area contributed by atoms with Gasteiger partial charge in [-0.2, -0.15) is 0 Å². The number of pyridine rings is 1. The number of nitrogens with two attached hydrogens (primary N) is 1. The third kappa shape index (κ3) is 4.35. The van der Waals surface area contributed by atoms with Crippen molar-refractivity contribution in [3.8, 4) is 0 Å². The molecule has 0 unspecified atom stereocenters. The predicted molar refractivity (Wildman–Crippen MR) is 127 cm³/mol. The first-order valence-electron chi connectivity index (χ1n) is 9.37. The lowest BCUT2D eigenvalue weighted by Crippen LogP contribution is -2.33. The minimum absolute atomic E-state index is 0.0423. The molecule has 1 aromatic heterocycles. The van der Waals surface area contributed by atoms with Crippen LogP contribution in [0.15, 0.2) is 60.7 Å². The van der Waals surface area contributed by atoms with Crippen LogP contribution < -0.4 is 21.7 Å². The second kappa shape index (κ2) is 8.65. The van der Waals surface area contributed by atoms with Gasteiger partial charge in [-0.3, -0.25) is 5.41 Å². The quantitative estimate of drug-likeness (QED) is 0.121. The monoisotopic (exact) mass is 438 g/mol. The summed E-state index contributed by atoms with van der Waals surface area (Å²) in [7, 11) is 0. The van der Waals surface area contributed by atoms with Crippen LogP contribution in [0.4, 0.5) is 17.1 Å². The van der Waals surface area contributed by atoms with Crippen molar-refractivity contribution in [1.82, 2.24) is 10.3 Å². The molecule has 6 nitrogen and oxygen atoms in total. The molecule has 4 aromatic rings. The van der Waals surface area contributed by atoms with Gasteiger partial charge < -0.3 is 21.7 Å². The van der Waals surface area contributed by atoms with E-state index in [-0.39, 0.29) is 5.96 Å². The van der Waals surface area contributed by atoms with Crippen molar-refractivity contribution in [2.24, 2.45) is 5.73 Å². The Labute approximate surface area is 183 Å². The molecule has 152 valence electrons. The second-order valence-electron chi connectivity index (χ2n) is 6.76. The topological polar surface area (TPSA) is 98.9 Å². The fourth-order valence-electron chi connectivity index (χ4n) is 3.29. The van der Waals surface area contributed by atoms with Gasteiger partial charge in [0.05, 0.1) is 26.8 Å². The largest absolute Gasteiger partial charge is 0.382 e.